The second-order valence-electron chi connectivity index (χ2n) is 1.66. The summed E-state index contributed by atoms with van der Waals surface area (Å²) in [6.45, 7) is 1.18. The van der Waals surface area contributed by atoms with Crippen molar-refractivity contribution in [1.82, 2.24) is 0 Å². The molecule has 0 saturated heterocycles. The maximum Gasteiger partial charge on any atom is 0.276 e. The number of rotatable bonds is 1. The van der Waals surface area contributed by atoms with Crippen LogP contribution in [0.2, 0.25) is 0 Å². The molecule has 8 heavy (non-hydrogen) atoms. The molecule has 0 spiro atoms. The summed E-state index contributed by atoms with van der Waals surface area (Å²) < 4.78 is 0. The molecule has 0 aromatic rings. The summed E-state index contributed by atoms with van der Waals surface area (Å²) in [4.78, 5) is -1.71. The van der Waals surface area contributed by atoms with Crippen molar-refractivity contribution in [2.75, 3.05) is 0 Å². The van der Waals surface area contributed by atoms with Crippen LogP contribution >= 0.6 is 23.2 Å². The van der Waals surface area contributed by atoms with E-state index < -0.39 is 10.2 Å². The van der Waals surface area contributed by atoms with Gasteiger partial charge in [0, 0.05) is 0 Å². The predicted octanol–water partition coefficient (Wildman–Crippen LogP) is -0.223. The second kappa shape index (κ2) is 2.01. The monoisotopic (exact) mass is 159 g/mol. The third-order valence-corrected chi connectivity index (χ3v) is 1.37. The van der Waals surface area contributed by atoms with E-state index in [0.717, 1.165) is 0 Å². The van der Waals surface area contributed by atoms with Crippen molar-refractivity contribution in [2.24, 2.45) is 5.73 Å². The van der Waals surface area contributed by atoms with Crippen LogP contribution in [0.1, 0.15) is 6.92 Å². The average molecular weight is 160 g/mol. The van der Waals surface area contributed by atoms with Crippen LogP contribution in [0, 0.1) is 0 Å². The molecule has 3 nitrogen and oxygen atoms in total. The Morgan fingerprint density at radius 3 is 1.50 bits per heavy atom. The van der Waals surface area contributed by atoms with E-state index in [4.69, 9.17) is 39.1 Å². The molecule has 1 unspecified atom stereocenters. The summed E-state index contributed by atoms with van der Waals surface area (Å²) in [6.07, 6.45) is 0. The summed E-state index contributed by atoms with van der Waals surface area (Å²) >= 11 is 10.0. The lowest BCUT2D eigenvalue weighted by molar-refractivity contribution is -0.110. The van der Waals surface area contributed by atoms with Gasteiger partial charge in [0.25, 0.3) is 5.25 Å². The Hall–Kier alpha value is 0.460. The predicted molar refractivity (Wildman–Crippen MR) is 31.5 cm³/mol. The summed E-state index contributed by atoms with van der Waals surface area (Å²) in [7, 11) is 0. The molecule has 0 fully saturated rings. The standard InChI is InChI=1S/C3H7Cl2NO2/c1-2(4,6)3(5,7)8/h7-8H,6H2,1H3. The molecular weight excluding hydrogens is 153 g/mol. The lowest BCUT2D eigenvalue weighted by Crippen LogP contribution is -2.50. The molecule has 0 amide bonds. The second-order valence-corrected chi connectivity index (χ2v) is 2.97. The number of nitrogens with two attached hydrogens (primary N) is 1. The maximum absolute atomic E-state index is 8.42. The number of hydrogen-bond acceptors (Lipinski definition) is 3. The molecule has 50 valence electrons. The highest BCUT2D eigenvalue weighted by molar-refractivity contribution is 6.32. The van der Waals surface area contributed by atoms with E-state index in [1.54, 1.807) is 0 Å². The summed E-state index contributed by atoms with van der Waals surface area (Å²) in [5.74, 6) is 0. The first-order valence-corrected chi connectivity index (χ1v) is 2.62. The Morgan fingerprint density at radius 1 is 1.38 bits per heavy atom. The topological polar surface area (TPSA) is 66.5 Å². The van der Waals surface area contributed by atoms with Crippen molar-refractivity contribution < 1.29 is 10.2 Å². The van der Waals surface area contributed by atoms with Crippen LogP contribution < -0.4 is 5.73 Å². The highest BCUT2D eigenvalue weighted by Crippen LogP contribution is 2.24. The van der Waals surface area contributed by atoms with Crippen LogP contribution in [0.15, 0.2) is 0 Å². The molecule has 0 saturated carbocycles. The van der Waals surface area contributed by atoms with Gasteiger partial charge in [-0.1, -0.05) is 23.2 Å². The maximum atomic E-state index is 8.42. The summed E-state index contributed by atoms with van der Waals surface area (Å²) in [5.41, 5.74) is 4.95. The van der Waals surface area contributed by atoms with Gasteiger partial charge >= 0.3 is 0 Å². The van der Waals surface area contributed by atoms with Gasteiger partial charge in [-0.25, -0.2) is 0 Å². The first-order valence-electron chi connectivity index (χ1n) is 1.86. The highest BCUT2D eigenvalue weighted by Gasteiger charge is 2.39. The van der Waals surface area contributed by atoms with Crippen molar-refractivity contribution >= 4 is 23.2 Å². The SMILES string of the molecule is CC(N)(Cl)C(O)(O)Cl. The normalized spacial score (nSPS) is 20.2. The van der Waals surface area contributed by atoms with Crippen molar-refractivity contribution in [2.45, 2.75) is 17.2 Å². The molecule has 0 radical (unpaired) electrons. The van der Waals surface area contributed by atoms with Gasteiger partial charge in [-0.3, -0.25) is 0 Å². The largest absolute Gasteiger partial charge is 0.351 e. The van der Waals surface area contributed by atoms with Crippen molar-refractivity contribution in [3.05, 3.63) is 0 Å². The van der Waals surface area contributed by atoms with Gasteiger partial charge in [-0.15, -0.1) is 0 Å². The molecule has 0 aromatic heterocycles. The van der Waals surface area contributed by atoms with Crippen LogP contribution in [0.5, 0.6) is 0 Å². The number of hydrogen-bond donors (Lipinski definition) is 3. The van der Waals surface area contributed by atoms with Gasteiger partial charge in [0.05, 0.1) is 0 Å². The zero-order chi connectivity index (χ0) is 7.00. The molecule has 1 atom stereocenters. The Kier molecular flexibility index (Phi) is 2.12. The molecule has 0 rings (SSSR count). The third kappa shape index (κ3) is 2.15. The van der Waals surface area contributed by atoms with E-state index in [-0.39, 0.29) is 0 Å². The Balaban J connectivity index is 4.02. The van der Waals surface area contributed by atoms with Gasteiger partial charge in [0.2, 0.25) is 0 Å². The first-order chi connectivity index (χ1) is 3.25. The van der Waals surface area contributed by atoms with Gasteiger partial charge in [-0.2, -0.15) is 0 Å². The van der Waals surface area contributed by atoms with Crippen LogP contribution in [-0.2, 0) is 0 Å². The van der Waals surface area contributed by atoms with Crippen molar-refractivity contribution in [3.63, 3.8) is 0 Å². The lowest BCUT2D eigenvalue weighted by Gasteiger charge is -2.25. The van der Waals surface area contributed by atoms with Crippen molar-refractivity contribution in [3.8, 4) is 0 Å². The van der Waals surface area contributed by atoms with Gasteiger partial charge in [-0.05, 0) is 6.92 Å². The smallest absolute Gasteiger partial charge is 0.276 e. The van der Waals surface area contributed by atoms with E-state index in [1.807, 2.05) is 0 Å². The van der Waals surface area contributed by atoms with E-state index in [0.29, 0.717) is 0 Å². The molecule has 0 aliphatic carbocycles. The Labute approximate surface area is 57.0 Å². The molecule has 0 aliphatic heterocycles. The fourth-order valence-electron chi connectivity index (χ4n) is 0. The Bertz CT molecular complexity index is 70.3. The zero-order valence-corrected chi connectivity index (χ0v) is 5.74. The summed E-state index contributed by atoms with van der Waals surface area (Å²) in [6, 6.07) is 0. The lowest BCUT2D eigenvalue weighted by atomic mass is 10.3. The van der Waals surface area contributed by atoms with Gasteiger partial charge in [0.1, 0.15) is 0 Å². The fourth-order valence-corrected chi connectivity index (χ4v) is 0. The third-order valence-electron chi connectivity index (χ3n) is 0.622. The van der Waals surface area contributed by atoms with Gasteiger partial charge < -0.3 is 15.9 Å². The quantitative estimate of drug-likeness (QED) is 0.282. The molecule has 0 aromatic carbocycles. The molecular formula is C3H7Cl2NO2. The molecule has 5 heteroatoms. The Morgan fingerprint density at radius 2 is 1.50 bits per heavy atom. The van der Waals surface area contributed by atoms with Crippen LogP contribution in [0.25, 0.3) is 0 Å². The summed E-state index contributed by atoms with van der Waals surface area (Å²) in [5, 5.41) is 14.3. The number of alkyl halides is 2. The molecule has 0 bridgehead atoms. The molecule has 4 N–H and O–H groups in total. The molecule has 0 aliphatic rings. The minimum Gasteiger partial charge on any atom is -0.351 e. The fraction of sp³-hybridized carbons (Fsp3) is 1.00. The first kappa shape index (κ1) is 8.46. The number of halogens is 2. The van der Waals surface area contributed by atoms with E-state index in [1.165, 1.54) is 6.92 Å². The van der Waals surface area contributed by atoms with E-state index in [9.17, 15) is 0 Å². The zero-order valence-electron chi connectivity index (χ0n) is 4.23. The minimum atomic E-state index is -2.55. The van der Waals surface area contributed by atoms with Gasteiger partial charge in [0.15, 0.2) is 5.00 Å². The van der Waals surface area contributed by atoms with E-state index in [2.05, 4.69) is 0 Å². The number of aliphatic hydroxyl groups is 2. The average Bonchev–Trinajstić information content (AvgIpc) is 1.25. The van der Waals surface area contributed by atoms with Crippen LogP contribution in [-0.4, -0.2) is 20.5 Å². The van der Waals surface area contributed by atoms with Crippen LogP contribution in [0.4, 0.5) is 0 Å². The van der Waals surface area contributed by atoms with E-state index >= 15 is 0 Å². The minimum absolute atomic E-state index is 1.18. The molecule has 0 heterocycles. The van der Waals surface area contributed by atoms with Crippen LogP contribution in [0.3, 0.4) is 0 Å². The highest BCUT2D eigenvalue weighted by atomic mass is 35.5. The van der Waals surface area contributed by atoms with Crippen molar-refractivity contribution in [1.29, 1.82) is 0 Å².